The molecule has 0 unspecified atom stereocenters. The van der Waals surface area contributed by atoms with Crippen LogP contribution in [0.15, 0.2) is 48.7 Å². The number of amides is 1. The first-order chi connectivity index (χ1) is 12.3. The molecule has 1 amide bonds. The Bertz CT molecular complexity index is 676. The molecule has 25 heavy (non-hydrogen) atoms. The molecule has 6 heteroatoms. The maximum absolute atomic E-state index is 12.0. The van der Waals surface area contributed by atoms with E-state index < -0.39 is 0 Å². The van der Waals surface area contributed by atoms with Crippen molar-refractivity contribution in [2.24, 2.45) is 0 Å². The van der Waals surface area contributed by atoms with E-state index in [0.29, 0.717) is 24.8 Å². The molecule has 1 fully saturated rings. The standard InChI is InChI=1S/C19H24N4O2/c1-25-12-10-20-19(24)15-7-8-18(21-13-15)23-11-9-17(14-23)22-16-5-3-2-4-6-16/h2-8,13,17,22H,9-12,14H2,1H3,(H,20,24)/t17-/m1/s1. The van der Waals surface area contributed by atoms with E-state index in [0.717, 1.165) is 31.0 Å². The van der Waals surface area contributed by atoms with Gasteiger partial charge in [-0.1, -0.05) is 18.2 Å². The molecule has 0 radical (unpaired) electrons. The van der Waals surface area contributed by atoms with Gasteiger partial charge < -0.3 is 20.3 Å². The van der Waals surface area contributed by atoms with Crippen LogP contribution in [0.5, 0.6) is 0 Å². The van der Waals surface area contributed by atoms with Gasteiger partial charge >= 0.3 is 0 Å². The summed E-state index contributed by atoms with van der Waals surface area (Å²) < 4.78 is 4.92. The van der Waals surface area contributed by atoms with Crippen molar-refractivity contribution in [1.82, 2.24) is 10.3 Å². The van der Waals surface area contributed by atoms with E-state index in [4.69, 9.17) is 4.74 Å². The first-order valence-corrected chi connectivity index (χ1v) is 8.56. The van der Waals surface area contributed by atoms with Gasteiger partial charge in [0.1, 0.15) is 5.82 Å². The minimum Gasteiger partial charge on any atom is -0.383 e. The minimum absolute atomic E-state index is 0.124. The lowest BCUT2D eigenvalue weighted by Crippen LogP contribution is -2.28. The lowest BCUT2D eigenvalue weighted by molar-refractivity contribution is 0.0937. The predicted octanol–water partition coefficient (Wildman–Crippen LogP) is 2.15. The van der Waals surface area contributed by atoms with E-state index in [1.54, 1.807) is 13.3 Å². The number of pyridine rings is 1. The van der Waals surface area contributed by atoms with Crippen LogP contribution in [0, 0.1) is 0 Å². The Labute approximate surface area is 148 Å². The molecule has 2 heterocycles. The summed E-state index contributed by atoms with van der Waals surface area (Å²) >= 11 is 0. The van der Waals surface area contributed by atoms with Gasteiger partial charge in [0.25, 0.3) is 5.91 Å². The molecule has 0 saturated carbocycles. The van der Waals surface area contributed by atoms with Crippen LogP contribution in [0.4, 0.5) is 11.5 Å². The number of hydrogen-bond donors (Lipinski definition) is 2. The molecular formula is C19H24N4O2. The third kappa shape index (κ3) is 4.70. The topological polar surface area (TPSA) is 66.5 Å². The van der Waals surface area contributed by atoms with Gasteiger partial charge in [-0.3, -0.25) is 4.79 Å². The molecule has 1 aliphatic rings. The van der Waals surface area contributed by atoms with Crippen LogP contribution in [0.3, 0.4) is 0 Å². The molecule has 6 nitrogen and oxygen atoms in total. The van der Waals surface area contributed by atoms with Gasteiger partial charge in [0.2, 0.25) is 0 Å². The highest BCUT2D eigenvalue weighted by Gasteiger charge is 2.23. The van der Waals surface area contributed by atoms with E-state index in [2.05, 4.69) is 32.7 Å². The summed E-state index contributed by atoms with van der Waals surface area (Å²) in [5.41, 5.74) is 1.71. The van der Waals surface area contributed by atoms with Gasteiger partial charge in [0.15, 0.2) is 0 Å². The summed E-state index contributed by atoms with van der Waals surface area (Å²) in [6, 6.07) is 14.4. The van der Waals surface area contributed by atoms with Gasteiger partial charge in [0.05, 0.1) is 12.2 Å². The molecule has 2 N–H and O–H groups in total. The van der Waals surface area contributed by atoms with E-state index in [9.17, 15) is 4.79 Å². The minimum atomic E-state index is -0.124. The number of benzene rings is 1. The Morgan fingerprint density at radius 1 is 1.28 bits per heavy atom. The summed E-state index contributed by atoms with van der Waals surface area (Å²) in [6.07, 6.45) is 2.70. The van der Waals surface area contributed by atoms with Crippen LogP contribution in [0.25, 0.3) is 0 Å². The van der Waals surface area contributed by atoms with Crippen molar-refractivity contribution in [2.75, 3.05) is 43.6 Å². The number of anilines is 2. The van der Waals surface area contributed by atoms with Crippen molar-refractivity contribution in [3.63, 3.8) is 0 Å². The van der Waals surface area contributed by atoms with E-state index in [1.165, 1.54) is 0 Å². The maximum atomic E-state index is 12.0. The van der Waals surface area contributed by atoms with Gasteiger partial charge in [-0.2, -0.15) is 0 Å². The van der Waals surface area contributed by atoms with Gasteiger partial charge in [-0.15, -0.1) is 0 Å². The summed E-state index contributed by atoms with van der Waals surface area (Å²) in [5, 5.41) is 6.35. The molecule has 1 aromatic carbocycles. The zero-order valence-corrected chi connectivity index (χ0v) is 14.4. The largest absolute Gasteiger partial charge is 0.383 e. The zero-order valence-electron chi connectivity index (χ0n) is 14.4. The highest BCUT2D eigenvalue weighted by Crippen LogP contribution is 2.21. The van der Waals surface area contributed by atoms with Gasteiger partial charge in [-0.25, -0.2) is 4.98 Å². The number of nitrogens with zero attached hydrogens (tertiary/aromatic N) is 2. The monoisotopic (exact) mass is 340 g/mol. The number of para-hydroxylation sites is 1. The first-order valence-electron chi connectivity index (χ1n) is 8.56. The number of carbonyl (C=O) groups is 1. The quantitative estimate of drug-likeness (QED) is 0.756. The maximum Gasteiger partial charge on any atom is 0.252 e. The molecule has 1 aliphatic heterocycles. The summed E-state index contributed by atoms with van der Waals surface area (Å²) in [4.78, 5) is 18.7. The molecule has 0 bridgehead atoms. The molecular weight excluding hydrogens is 316 g/mol. The number of nitrogens with one attached hydrogen (secondary N) is 2. The third-order valence-corrected chi connectivity index (χ3v) is 4.26. The fraction of sp³-hybridized carbons (Fsp3) is 0.368. The van der Waals surface area contributed by atoms with Crippen molar-refractivity contribution in [3.05, 3.63) is 54.2 Å². The fourth-order valence-electron chi connectivity index (χ4n) is 2.93. The molecule has 132 valence electrons. The van der Waals surface area contributed by atoms with Gasteiger partial charge in [0, 0.05) is 44.7 Å². The average Bonchev–Trinajstić information content (AvgIpc) is 3.11. The van der Waals surface area contributed by atoms with Crippen LogP contribution < -0.4 is 15.5 Å². The molecule has 1 saturated heterocycles. The first kappa shape index (κ1) is 17.2. The van der Waals surface area contributed by atoms with Crippen molar-refractivity contribution in [3.8, 4) is 0 Å². The second kappa shape index (κ2) is 8.48. The summed E-state index contributed by atoms with van der Waals surface area (Å²) in [5.74, 6) is 0.784. The lowest BCUT2D eigenvalue weighted by atomic mass is 10.2. The fourth-order valence-corrected chi connectivity index (χ4v) is 2.93. The summed E-state index contributed by atoms with van der Waals surface area (Å²) in [7, 11) is 1.61. The number of rotatable bonds is 7. The Morgan fingerprint density at radius 3 is 2.84 bits per heavy atom. The van der Waals surface area contributed by atoms with Crippen LogP contribution in [0.1, 0.15) is 16.8 Å². The molecule has 1 atom stereocenters. The molecule has 1 aromatic heterocycles. The second-order valence-corrected chi connectivity index (χ2v) is 6.10. The van der Waals surface area contributed by atoms with Crippen molar-refractivity contribution in [1.29, 1.82) is 0 Å². The number of methoxy groups -OCH3 is 1. The molecule has 2 aromatic rings. The molecule has 0 aliphatic carbocycles. The zero-order chi connectivity index (χ0) is 17.5. The predicted molar refractivity (Wildman–Crippen MR) is 99.1 cm³/mol. The van der Waals surface area contributed by atoms with Gasteiger partial charge in [-0.05, 0) is 30.7 Å². The Morgan fingerprint density at radius 2 is 2.12 bits per heavy atom. The number of ether oxygens (including phenoxy) is 1. The van der Waals surface area contributed by atoms with Crippen LogP contribution in [-0.4, -0.2) is 50.3 Å². The molecule has 0 spiro atoms. The third-order valence-electron chi connectivity index (χ3n) is 4.26. The van der Waals surface area contributed by atoms with Crippen LogP contribution in [0.2, 0.25) is 0 Å². The average molecular weight is 340 g/mol. The smallest absolute Gasteiger partial charge is 0.252 e. The lowest BCUT2D eigenvalue weighted by Gasteiger charge is -2.18. The van der Waals surface area contributed by atoms with Crippen LogP contribution >= 0.6 is 0 Å². The Hall–Kier alpha value is -2.60. The SMILES string of the molecule is COCCNC(=O)c1ccc(N2CC[C@@H](Nc3ccccc3)C2)nc1. The van der Waals surface area contributed by atoms with Crippen LogP contribution in [-0.2, 0) is 4.74 Å². The van der Waals surface area contributed by atoms with E-state index in [1.807, 2.05) is 30.3 Å². The number of carbonyl (C=O) groups excluding carboxylic acids is 1. The van der Waals surface area contributed by atoms with Crippen molar-refractivity contribution in [2.45, 2.75) is 12.5 Å². The number of hydrogen-bond acceptors (Lipinski definition) is 5. The van der Waals surface area contributed by atoms with E-state index in [-0.39, 0.29) is 5.91 Å². The van der Waals surface area contributed by atoms with Crippen molar-refractivity contribution < 1.29 is 9.53 Å². The summed E-state index contributed by atoms with van der Waals surface area (Å²) in [6.45, 7) is 2.86. The normalized spacial score (nSPS) is 16.7. The van der Waals surface area contributed by atoms with Crippen molar-refractivity contribution >= 4 is 17.4 Å². The Balaban J connectivity index is 1.53. The molecule has 3 rings (SSSR count). The highest BCUT2D eigenvalue weighted by atomic mass is 16.5. The van der Waals surface area contributed by atoms with E-state index >= 15 is 0 Å². The highest BCUT2D eigenvalue weighted by molar-refractivity contribution is 5.94. The number of aromatic nitrogens is 1. The Kier molecular flexibility index (Phi) is 5.85. The second-order valence-electron chi connectivity index (χ2n) is 6.10.